The van der Waals surface area contributed by atoms with Crippen LogP contribution in [-0.4, -0.2) is 55.8 Å². The number of piperazine rings is 1. The Labute approximate surface area is 161 Å². The number of para-hydroxylation sites is 1. The molecule has 1 amide bonds. The number of hydrogen-bond acceptors (Lipinski definition) is 4. The van der Waals surface area contributed by atoms with Gasteiger partial charge in [-0.05, 0) is 23.8 Å². The first kappa shape index (κ1) is 18.8. The number of amides is 1. The van der Waals surface area contributed by atoms with Gasteiger partial charge in [0.05, 0.1) is 0 Å². The zero-order chi connectivity index (χ0) is 19.9. The first-order valence-electron chi connectivity index (χ1n) is 8.85. The van der Waals surface area contributed by atoms with Gasteiger partial charge in [-0.2, -0.15) is 4.31 Å². The van der Waals surface area contributed by atoms with Crippen molar-refractivity contribution >= 4 is 15.9 Å². The number of fused-ring (bicyclic) bond motifs is 1. The second-order valence-electron chi connectivity index (χ2n) is 6.72. The molecule has 0 N–H and O–H groups in total. The molecule has 2 heterocycles. The molecule has 1 saturated heterocycles. The fourth-order valence-corrected chi connectivity index (χ4v) is 4.96. The van der Waals surface area contributed by atoms with Crippen molar-refractivity contribution in [2.24, 2.45) is 0 Å². The van der Waals surface area contributed by atoms with E-state index in [4.69, 9.17) is 4.74 Å². The normalized spacial score (nSPS) is 19.9. The summed E-state index contributed by atoms with van der Waals surface area (Å²) in [5.41, 5.74) is 0.967. The predicted molar refractivity (Wildman–Crippen MR) is 96.3 cm³/mol. The lowest BCUT2D eigenvalue weighted by Crippen LogP contribution is -2.53. The van der Waals surface area contributed by atoms with E-state index in [1.165, 1.54) is 0 Å². The van der Waals surface area contributed by atoms with Crippen molar-refractivity contribution in [3.8, 4) is 5.75 Å². The van der Waals surface area contributed by atoms with Crippen LogP contribution in [0.5, 0.6) is 5.75 Å². The van der Waals surface area contributed by atoms with Crippen molar-refractivity contribution in [3.05, 3.63) is 59.7 Å². The maximum Gasteiger partial charge on any atom is 0.264 e. The Morgan fingerprint density at radius 2 is 1.75 bits per heavy atom. The van der Waals surface area contributed by atoms with Crippen LogP contribution in [0.15, 0.2) is 47.4 Å². The summed E-state index contributed by atoms with van der Waals surface area (Å²) in [4.78, 5) is 13.7. The number of carbonyl (C=O) groups excluding carboxylic acids is 1. The first-order chi connectivity index (χ1) is 13.4. The topological polar surface area (TPSA) is 66.9 Å². The summed E-state index contributed by atoms with van der Waals surface area (Å²) in [6.07, 6.45) is -0.135. The average molecular weight is 408 g/mol. The van der Waals surface area contributed by atoms with Gasteiger partial charge in [-0.1, -0.05) is 18.2 Å². The summed E-state index contributed by atoms with van der Waals surface area (Å²) in [7, 11) is -4.10. The number of ether oxygens (including phenoxy) is 1. The third-order valence-electron chi connectivity index (χ3n) is 4.98. The zero-order valence-corrected chi connectivity index (χ0v) is 15.7. The van der Waals surface area contributed by atoms with Crippen molar-refractivity contribution in [2.45, 2.75) is 17.4 Å². The van der Waals surface area contributed by atoms with Crippen LogP contribution in [-0.2, 0) is 21.2 Å². The number of benzene rings is 2. The van der Waals surface area contributed by atoms with Gasteiger partial charge in [0, 0.05) is 38.7 Å². The van der Waals surface area contributed by atoms with Gasteiger partial charge in [0.15, 0.2) is 6.10 Å². The Bertz CT molecular complexity index is 995. The average Bonchev–Trinajstić information content (AvgIpc) is 3.11. The highest BCUT2D eigenvalue weighted by atomic mass is 32.2. The molecule has 1 atom stereocenters. The van der Waals surface area contributed by atoms with Crippen molar-refractivity contribution in [2.75, 3.05) is 26.2 Å². The summed E-state index contributed by atoms with van der Waals surface area (Å²) in [5, 5.41) is 0. The van der Waals surface area contributed by atoms with Crippen LogP contribution < -0.4 is 4.74 Å². The van der Waals surface area contributed by atoms with Gasteiger partial charge in [0.2, 0.25) is 10.0 Å². The minimum atomic E-state index is -4.10. The van der Waals surface area contributed by atoms with E-state index in [1.807, 2.05) is 24.3 Å². The maximum absolute atomic E-state index is 13.9. The SMILES string of the molecule is O=C([C@@H]1Cc2ccccc2O1)N1CCN(S(=O)(=O)c2ccc(F)cc2F)CC1. The van der Waals surface area contributed by atoms with E-state index in [9.17, 15) is 22.0 Å². The summed E-state index contributed by atoms with van der Waals surface area (Å²) in [6.45, 7) is 0.420. The fourth-order valence-electron chi connectivity index (χ4n) is 3.50. The third kappa shape index (κ3) is 3.35. The van der Waals surface area contributed by atoms with Crippen LogP contribution in [0.3, 0.4) is 0 Å². The van der Waals surface area contributed by atoms with Gasteiger partial charge in [-0.15, -0.1) is 0 Å². The molecule has 2 aliphatic rings. The molecule has 28 heavy (non-hydrogen) atoms. The quantitative estimate of drug-likeness (QED) is 0.777. The van der Waals surface area contributed by atoms with E-state index in [1.54, 1.807) is 4.90 Å². The molecule has 2 aromatic carbocycles. The van der Waals surface area contributed by atoms with Gasteiger partial charge in [-0.3, -0.25) is 4.79 Å². The van der Waals surface area contributed by atoms with E-state index in [0.29, 0.717) is 18.2 Å². The largest absolute Gasteiger partial charge is 0.480 e. The molecule has 0 unspecified atom stereocenters. The third-order valence-corrected chi connectivity index (χ3v) is 6.92. The number of carbonyl (C=O) groups is 1. The Morgan fingerprint density at radius 1 is 1.04 bits per heavy atom. The summed E-state index contributed by atoms with van der Waals surface area (Å²) in [6, 6.07) is 9.81. The fraction of sp³-hybridized carbons (Fsp3) is 0.316. The predicted octanol–water partition coefficient (Wildman–Crippen LogP) is 1.80. The molecule has 0 aliphatic carbocycles. The van der Waals surface area contributed by atoms with E-state index < -0.39 is 32.7 Å². The first-order valence-corrected chi connectivity index (χ1v) is 10.3. The highest BCUT2D eigenvalue weighted by Gasteiger charge is 2.36. The van der Waals surface area contributed by atoms with Gasteiger partial charge in [0.1, 0.15) is 22.3 Å². The van der Waals surface area contributed by atoms with E-state index >= 15 is 0 Å². The Morgan fingerprint density at radius 3 is 2.43 bits per heavy atom. The highest BCUT2D eigenvalue weighted by molar-refractivity contribution is 7.89. The second-order valence-corrected chi connectivity index (χ2v) is 8.63. The Balaban J connectivity index is 1.41. The van der Waals surface area contributed by atoms with Crippen molar-refractivity contribution in [1.82, 2.24) is 9.21 Å². The highest BCUT2D eigenvalue weighted by Crippen LogP contribution is 2.29. The van der Waals surface area contributed by atoms with Crippen LogP contribution in [0.1, 0.15) is 5.56 Å². The Kier molecular flexibility index (Phi) is 4.80. The molecule has 1 fully saturated rings. The van der Waals surface area contributed by atoms with Crippen molar-refractivity contribution < 1.29 is 26.7 Å². The molecule has 0 aromatic heterocycles. The van der Waals surface area contributed by atoms with Crippen LogP contribution in [0.4, 0.5) is 8.78 Å². The molecule has 0 spiro atoms. The summed E-state index contributed by atoms with van der Waals surface area (Å²) in [5.74, 6) is -1.48. The van der Waals surface area contributed by atoms with Gasteiger partial charge < -0.3 is 9.64 Å². The molecular formula is C19H18F2N2O4S. The lowest BCUT2D eigenvalue weighted by Gasteiger charge is -2.35. The number of halogens is 2. The minimum Gasteiger partial charge on any atom is -0.480 e. The lowest BCUT2D eigenvalue weighted by molar-refractivity contribution is -0.139. The van der Waals surface area contributed by atoms with E-state index in [2.05, 4.69) is 0 Å². The molecule has 6 nitrogen and oxygen atoms in total. The molecule has 0 saturated carbocycles. The van der Waals surface area contributed by atoms with Gasteiger partial charge >= 0.3 is 0 Å². The number of nitrogens with zero attached hydrogens (tertiary/aromatic N) is 2. The molecule has 0 bridgehead atoms. The van der Waals surface area contributed by atoms with Crippen molar-refractivity contribution in [3.63, 3.8) is 0 Å². The van der Waals surface area contributed by atoms with Crippen LogP contribution in [0.2, 0.25) is 0 Å². The maximum atomic E-state index is 13.9. The smallest absolute Gasteiger partial charge is 0.264 e. The van der Waals surface area contributed by atoms with Crippen LogP contribution >= 0.6 is 0 Å². The van der Waals surface area contributed by atoms with Gasteiger partial charge in [-0.25, -0.2) is 17.2 Å². The molecule has 148 valence electrons. The second kappa shape index (κ2) is 7.14. The molecule has 2 aliphatic heterocycles. The summed E-state index contributed by atoms with van der Waals surface area (Å²) < 4.78 is 59.1. The minimum absolute atomic E-state index is 0.0323. The van der Waals surface area contributed by atoms with Crippen LogP contribution in [0, 0.1) is 11.6 Å². The number of rotatable bonds is 3. The number of sulfonamides is 1. The monoisotopic (exact) mass is 408 g/mol. The zero-order valence-electron chi connectivity index (χ0n) is 14.8. The molecular weight excluding hydrogens is 390 g/mol. The van der Waals surface area contributed by atoms with E-state index in [0.717, 1.165) is 22.0 Å². The van der Waals surface area contributed by atoms with Gasteiger partial charge in [0.25, 0.3) is 5.91 Å². The van der Waals surface area contributed by atoms with Crippen LogP contribution in [0.25, 0.3) is 0 Å². The molecule has 0 radical (unpaired) electrons. The Hall–Kier alpha value is -2.52. The van der Waals surface area contributed by atoms with E-state index in [-0.39, 0.29) is 32.1 Å². The molecule has 4 rings (SSSR count). The standard InChI is InChI=1S/C19H18F2N2O4S/c20-14-5-6-18(15(21)12-14)28(25,26)23-9-7-22(8-10-23)19(24)17-11-13-3-1-2-4-16(13)27-17/h1-6,12,17H,7-11H2/t17-/m0/s1. The molecule has 2 aromatic rings. The van der Waals surface area contributed by atoms with Crippen molar-refractivity contribution in [1.29, 1.82) is 0 Å². The summed E-state index contributed by atoms with van der Waals surface area (Å²) >= 11 is 0. The lowest BCUT2D eigenvalue weighted by atomic mass is 10.1. The number of hydrogen-bond donors (Lipinski definition) is 0. The molecule has 9 heteroatoms.